The Kier molecular flexibility index (Phi) is 3.45. The summed E-state index contributed by atoms with van der Waals surface area (Å²) in [5, 5.41) is 12.0. The van der Waals surface area contributed by atoms with Crippen LogP contribution in [0.4, 0.5) is 5.13 Å². The largest absolute Gasteiger partial charge is 0.309 e. The van der Waals surface area contributed by atoms with Crippen LogP contribution in [0.5, 0.6) is 0 Å². The Morgan fingerprint density at radius 1 is 1.30 bits per heavy atom. The molecule has 8 heteroatoms. The van der Waals surface area contributed by atoms with Crippen molar-refractivity contribution in [1.29, 1.82) is 0 Å². The summed E-state index contributed by atoms with van der Waals surface area (Å²) in [6.07, 6.45) is 0.740. The molecule has 1 aromatic carbocycles. The molecule has 1 aliphatic heterocycles. The third kappa shape index (κ3) is 2.54. The Labute approximate surface area is 121 Å². The van der Waals surface area contributed by atoms with Crippen molar-refractivity contribution >= 4 is 26.5 Å². The molecule has 0 saturated heterocycles. The molecular weight excluding hydrogens is 296 g/mol. The number of aryl methyl sites for hydroxylation is 1. The fourth-order valence-electron chi connectivity index (χ4n) is 2.05. The molecule has 0 unspecified atom stereocenters. The highest BCUT2D eigenvalue weighted by molar-refractivity contribution is 7.93. The van der Waals surface area contributed by atoms with Gasteiger partial charge in [-0.1, -0.05) is 24.3 Å². The first-order valence-electron chi connectivity index (χ1n) is 6.26. The number of nitrogens with one attached hydrogen (secondary N) is 2. The van der Waals surface area contributed by atoms with Crippen LogP contribution in [-0.4, -0.2) is 18.6 Å². The van der Waals surface area contributed by atoms with Crippen molar-refractivity contribution in [3.8, 4) is 0 Å². The highest BCUT2D eigenvalue weighted by Gasteiger charge is 2.19. The summed E-state index contributed by atoms with van der Waals surface area (Å²) in [6.45, 7) is 3.45. The molecule has 2 heterocycles. The number of hydrogen-bond donors (Lipinski definition) is 2. The normalized spacial score (nSPS) is 14.2. The Hall–Kier alpha value is -1.51. The van der Waals surface area contributed by atoms with Crippen molar-refractivity contribution in [2.24, 2.45) is 0 Å². The topological polar surface area (TPSA) is 84.0 Å². The van der Waals surface area contributed by atoms with Gasteiger partial charge in [0.25, 0.3) is 10.0 Å². The molecule has 1 aliphatic rings. The number of aromatic nitrogens is 2. The molecule has 2 N–H and O–H groups in total. The van der Waals surface area contributed by atoms with Crippen LogP contribution in [0.2, 0.25) is 0 Å². The van der Waals surface area contributed by atoms with Gasteiger partial charge in [-0.05, 0) is 29.7 Å². The van der Waals surface area contributed by atoms with E-state index in [1.165, 1.54) is 11.3 Å². The van der Waals surface area contributed by atoms with Crippen molar-refractivity contribution in [3.63, 3.8) is 0 Å². The summed E-state index contributed by atoms with van der Waals surface area (Å²) in [5.41, 5.74) is 2.17. The summed E-state index contributed by atoms with van der Waals surface area (Å²) in [6, 6.07) is 5.18. The minimum atomic E-state index is -3.60. The zero-order valence-corrected chi connectivity index (χ0v) is 12.5. The fraction of sp³-hybridized carbons (Fsp3) is 0.333. The smallest absolute Gasteiger partial charge is 0.263 e. The predicted octanol–water partition coefficient (Wildman–Crippen LogP) is 1.50. The molecule has 0 saturated carbocycles. The highest BCUT2D eigenvalue weighted by Crippen LogP contribution is 2.23. The molecule has 1 aromatic heterocycles. The maximum Gasteiger partial charge on any atom is 0.263 e. The van der Waals surface area contributed by atoms with E-state index in [9.17, 15) is 8.42 Å². The second-order valence-electron chi connectivity index (χ2n) is 4.49. The lowest BCUT2D eigenvalue weighted by Crippen LogP contribution is -2.13. The monoisotopic (exact) mass is 310 g/mol. The molecule has 3 rings (SSSR count). The SMILES string of the molecule is CCc1nnc(NS(=O)(=O)c2ccc3c(c2)CNC3)s1. The summed E-state index contributed by atoms with van der Waals surface area (Å²) < 4.78 is 27.1. The van der Waals surface area contributed by atoms with Crippen molar-refractivity contribution < 1.29 is 8.42 Å². The lowest BCUT2D eigenvalue weighted by atomic mass is 10.1. The van der Waals surface area contributed by atoms with Crippen LogP contribution in [0.1, 0.15) is 23.1 Å². The second kappa shape index (κ2) is 5.12. The number of hydrogen-bond acceptors (Lipinski definition) is 6. The molecule has 0 spiro atoms. The van der Waals surface area contributed by atoms with Gasteiger partial charge in [0.2, 0.25) is 5.13 Å². The third-order valence-corrected chi connectivity index (χ3v) is 5.56. The molecule has 20 heavy (non-hydrogen) atoms. The van der Waals surface area contributed by atoms with Gasteiger partial charge in [-0.3, -0.25) is 4.72 Å². The van der Waals surface area contributed by atoms with E-state index in [2.05, 4.69) is 20.2 Å². The minimum absolute atomic E-state index is 0.258. The van der Waals surface area contributed by atoms with Crippen LogP contribution in [0.3, 0.4) is 0 Å². The molecule has 6 nitrogen and oxygen atoms in total. The van der Waals surface area contributed by atoms with Gasteiger partial charge >= 0.3 is 0 Å². The van der Waals surface area contributed by atoms with Gasteiger partial charge in [0.15, 0.2) is 0 Å². The van der Waals surface area contributed by atoms with Crippen molar-refractivity contribution in [3.05, 3.63) is 34.3 Å². The van der Waals surface area contributed by atoms with Gasteiger partial charge in [0, 0.05) is 13.1 Å². The van der Waals surface area contributed by atoms with Crippen LogP contribution in [0.15, 0.2) is 23.1 Å². The summed E-state index contributed by atoms with van der Waals surface area (Å²) in [7, 11) is -3.60. The lowest BCUT2D eigenvalue weighted by Gasteiger charge is -2.06. The molecule has 2 aromatic rings. The van der Waals surface area contributed by atoms with Crippen LogP contribution < -0.4 is 10.0 Å². The van der Waals surface area contributed by atoms with Crippen LogP contribution >= 0.6 is 11.3 Å². The highest BCUT2D eigenvalue weighted by atomic mass is 32.2. The van der Waals surface area contributed by atoms with Crippen LogP contribution in [0, 0.1) is 0 Å². The summed E-state index contributed by atoms with van der Waals surface area (Å²) in [4.78, 5) is 0.258. The van der Waals surface area contributed by atoms with Crippen molar-refractivity contribution in [1.82, 2.24) is 15.5 Å². The van der Waals surface area contributed by atoms with E-state index in [0.717, 1.165) is 29.1 Å². The predicted molar refractivity (Wildman–Crippen MR) is 77.1 cm³/mol. The minimum Gasteiger partial charge on any atom is -0.309 e. The molecule has 0 radical (unpaired) electrons. The molecule has 0 amide bonds. The maximum absolute atomic E-state index is 12.3. The van der Waals surface area contributed by atoms with E-state index in [0.29, 0.717) is 11.7 Å². The first kappa shape index (κ1) is 13.5. The lowest BCUT2D eigenvalue weighted by molar-refractivity contribution is 0.601. The van der Waals surface area contributed by atoms with Crippen LogP contribution in [0.25, 0.3) is 0 Å². The number of rotatable bonds is 4. The number of sulfonamides is 1. The number of benzene rings is 1. The summed E-state index contributed by atoms with van der Waals surface area (Å²) >= 11 is 1.26. The Bertz CT molecular complexity index is 740. The van der Waals surface area contributed by atoms with Crippen LogP contribution in [-0.2, 0) is 29.5 Å². The molecule has 0 aliphatic carbocycles. The zero-order valence-electron chi connectivity index (χ0n) is 10.9. The van der Waals surface area contributed by atoms with E-state index >= 15 is 0 Å². The summed E-state index contributed by atoms with van der Waals surface area (Å²) in [5.74, 6) is 0. The van der Waals surface area contributed by atoms with E-state index in [-0.39, 0.29) is 4.90 Å². The van der Waals surface area contributed by atoms with Gasteiger partial charge in [-0.2, -0.15) is 0 Å². The first-order chi connectivity index (χ1) is 9.58. The van der Waals surface area contributed by atoms with Gasteiger partial charge < -0.3 is 5.32 Å². The molecule has 106 valence electrons. The average Bonchev–Trinajstić information content (AvgIpc) is 3.05. The molecule has 0 fully saturated rings. The number of anilines is 1. The average molecular weight is 310 g/mol. The van der Waals surface area contributed by atoms with Gasteiger partial charge in [-0.15, -0.1) is 10.2 Å². The van der Waals surface area contributed by atoms with Gasteiger partial charge in [0.1, 0.15) is 5.01 Å². The fourth-order valence-corrected chi connectivity index (χ4v) is 4.01. The Morgan fingerprint density at radius 3 is 2.85 bits per heavy atom. The third-order valence-electron chi connectivity index (χ3n) is 3.11. The standard InChI is InChI=1S/C12H14N4O2S2/c1-2-11-14-15-12(19-11)16-20(17,18)10-4-3-8-6-13-7-9(8)5-10/h3-5,13H,2,6-7H2,1H3,(H,15,16). The quantitative estimate of drug-likeness (QED) is 0.894. The zero-order chi connectivity index (χ0) is 14.2. The molecule has 0 bridgehead atoms. The van der Waals surface area contributed by atoms with E-state index < -0.39 is 10.0 Å². The Morgan fingerprint density at radius 2 is 2.10 bits per heavy atom. The van der Waals surface area contributed by atoms with Crippen molar-refractivity contribution in [2.45, 2.75) is 31.3 Å². The Balaban J connectivity index is 1.88. The number of fused-ring (bicyclic) bond motifs is 1. The first-order valence-corrected chi connectivity index (χ1v) is 8.56. The second-order valence-corrected chi connectivity index (χ2v) is 7.24. The maximum atomic E-state index is 12.3. The van der Waals surface area contributed by atoms with E-state index in [4.69, 9.17) is 0 Å². The van der Waals surface area contributed by atoms with E-state index in [1.54, 1.807) is 12.1 Å². The van der Waals surface area contributed by atoms with Crippen molar-refractivity contribution in [2.75, 3.05) is 4.72 Å². The number of nitrogens with zero attached hydrogens (tertiary/aromatic N) is 2. The molecular formula is C12H14N4O2S2. The van der Waals surface area contributed by atoms with E-state index in [1.807, 2.05) is 13.0 Å². The molecule has 0 atom stereocenters. The van der Waals surface area contributed by atoms with Gasteiger partial charge in [0.05, 0.1) is 4.90 Å². The van der Waals surface area contributed by atoms with Gasteiger partial charge in [-0.25, -0.2) is 8.42 Å².